The number of ether oxygens (including phenoxy) is 1. The second-order valence-corrected chi connectivity index (χ2v) is 8.91. The number of carbonyl (C=O) groups excluding carboxylic acids is 8. The highest BCUT2D eigenvalue weighted by molar-refractivity contribution is 8.14. The van der Waals surface area contributed by atoms with Gasteiger partial charge in [-0.1, -0.05) is 23.9 Å². The maximum atomic E-state index is 12.1. The summed E-state index contributed by atoms with van der Waals surface area (Å²) < 4.78 is 4.68. The second-order valence-electron chi connectivity index (χ2n) is 7.96. The summed E-state index contributed by atoms with van der Waals surface area (Å²) in [5.41, 5.74) is 0.0192. The first-order valence-electron chi connectivity index (χ1n) is 11.7. The number of amides is 6. The number of nitrogens with one attached hydrogen (secondary N) is 4. The molecule has 17 heteroatoms. The molecule has 0 spiro atoms. The number of benzene rings is 1. The van der Waals surface area contributed by atoms with Crippen molar-refractivity contribution in [3.8, 4) is 0 Å². The van der Waals surface area contributed by atoms with Crippen molar-refractivity contribution >= 4 is 64.3 Å². The maximum Gasteiger partial charge on any atom is 0.335 e. The average molecular weight is 592 g/mol. The van der Waals surface area contributed by atoms with Gasteiger partial charge in [0.2, 0.25) is 22.8 Å². The smallest absolute Gasteiger partial charge is 0.335 e. The first-order valence-corrected chi connectivity index (χ1v) is 12.7. The fourth-order valence-corrected chi connectivity index (χ4v) is 3.56. The van der Waals surface area contributed by atoms with E-state index in [1.807, 2.05) is 0 Å². The number of esters is 1. The van der Waals surface area contributed by atoms with Crippen LogP contribution in [0.3, 0.4) is 0 Å². The van der Waals surface area contributed by atoms with Gasteiger partial charge in [0.05, 0.1) is 24.4 Å². The van der Waals surface area contributed by atoms with Crippen LogP contribution < -0.4 is 21.3 Å². The standard InChI is InChI=1S/C24H25N5O11S/c30-16(10-27-19(33)13-41-24(39)15-3-1-2-14(8-15)23(37)38)26-9-17(31)28-11-22(36)40-12-18(32)25-6-7-29-20(34)4-5-21(29)35/h1-5,8H,6-7,9-13H2,(H,25,32)(H,26,30)(H,27,33)(H,28,31)(H,37,38). The molecule has 16 nitrogen and oxygen atoms in total. The Kier molecular flexibility index (Phi) is 12.7. The summed E-state index contributed by atoms with van der Waals surface area (Å²) in [6, 6.07) is 5.29. The lowest BCUT2D eigenvalue weighted by Gasteiger charge is -2.14. The van der Waals surface area contributed by atoms with E-state index in [0.29, 0.717) is 11.8 Å². The molecule has 0 saturated carbocycles. The van der Waals surface area contributed by atoms with Crippen LogP contribution in [0.2, 0.25) is 0 Å². The lowest BCUT2D eigenvalue weighted by Crippen LogP contribution is -2.43. The minimum Gasteiger partial charge on any atom is -0.478 e. The molecule has 1 heterocycles. The van der Waals surface area contributed by atoms with Gasteiger partial charge >= 0.3 is 11.9 Å². The minimum atomic E-state index is -1.20. The first-order chi connectivity index (χ1) is 19.5. The Balaban J connectivity index is 1.53. The van der Waals surface area contributed by atoms with Crippen LogP contribution in [-0.2, 0) is 38.3 Å². The van der Waals surface area contributed by atoms with Gasteiger partial charge in [-0.25, -0.2) is 4.79 Å². The van der Waals surface area contributed by atoms with Crippen LogP contribution in [0, 0.1) is 0 Å². The van der Waals surface area contributed by atoms with Gasteiger partial charge in [-0.15, -0.1) is 0 Å². The van der Waals surface area contributed by atoms with Gasteiger partial charge in [0, 0.05) is 30.8 Å². The topological polar surface area (TPSA) is 234 Å². The molecule has 1 aliphatic rings. The monoisotopic (exact) mass is 591 g/mol. The SMILES string of the molecule is O=C(CNC(=O)CSC(=O)c1cccc(C(=O)O)c1)NCC(=O)NCC(=O)OCC(=O)NCCN1C(=O)C=CC1=O. The number of thioether (sulfide) groups is 1. The van der Waals surface area contributed by atoms with Gasteiger partial charge in [0.15, 0.2) is 6.61 Å². The zero-order valence-corrected chi connectivity index (χ0v) is 22.1. The number of rotatable bonds is 15. The molecule has 0 aliphatic carbocycles. The Labute approximate surface area is 236 Å². The number of aromatic carboxylic acids is 1. The van der Waals surface area contributed by atoms with Crippen LogP contribution in [0.25, 0.3) is 0 Å². The lowest BCUT2D eigenvalue weighted by atomic mass is 10.1. The number of nitrogens with zero attached hydrogens (tertiary/aromatic N) is 1. The zero-order valence-electron chi connectivity index (χ0n) is 21.3. The Morgan fingerprint density at radius 2 is 1.37 bits per heavy atom. The third-order valence-corrected chi connectivity index (χ3v) is 5.83. The van der Waals surface area contributed by atoms with Crippen molar-refractivity contribution in [3.63, 3.8) is 0 Å². The molecular weight excluding hydrogens is 566 g/mol. The molecule has 218 valence electrons. The van der Waals surface area contributed by atoms with E-state index in [2.05, 4.69) is 26.0 Å². The molecule has 0 fully saturated rings. The van der Waals surface area contributed by atoms with E-state index in [1.54, 1.807) is 0 Å². The van der Waals surface area contributed by atoms with Crippen molar-refractivity contribution < 1.29 is 53.0 Å². The zero-order chi connectivity index (χ0) is 30.4. The Hall–Kier alpha value is -5.06. The molecule has 6 amide bonds. The summed E-state index contributed by atoms with van der Waals surface area (Å²) in [6.45, 7) is -2.39. The van der Waals surface area contributed by atoms with Crippen molar-refractivity contribution in [2.45, 2.75) is 0 Å². The predicted octanol–water partition coefficient (Wildman–Crippen LogP) is -2.81. The van der Waals surface area contributed by atoms with Crippen molar-refractivity contribution in [2.24, 2.45) is 0 Å². The molecule has 5 N–H and O–H groups in total. The van der Waals surface area contributed by atoms with Crippen LogP contribution in [0.15, 0.2) is 36.4 Å². The highest BCUT2D eigenvalue weighted by Crippen LogP contribution is 2.14. The Morgan fingerprint density at radius 3 is 2.00 bits per heavy atom. The van der Waals surface area contributed by atoms with Gasteiger partial charge < -0.3 is 31.1 Å². The minimum absolute atomic E-state index is 0.0492. The largest absolute Gasteiger partial charge is 0.478 e. The van der Waals surface area contributed by atoms with E-state index in [9.17, 15) is 43.2 Å². The summed E-state index contributed by atoms with van der Waals surface area (Å²) in [6.07, 6.45) is 2.20. The Bertz CT molecular complexity index is 1260. The third-order valence-electron chi connectivity index (χ3n) is 4.92. The molecule has 0 atom stereocenters. The summed E-state index contributed by atoms with van der Waals surface area (Å²) >= 11 is 0.615. The summed E-state index contributed by atoms with van der Waals surface area (Å²) in [5.74, 6) is -6.32. The predicted molar refractivity (Wildman–Crippen MR) is 139 cm³/mol. The van der Waals surface area contributed by atoms with E-state index in [-0.39, 0.29) is 30.0 Å². The van der Waals surface area contributed by atoms with Crippen LogP contribution in [0.5, 0.6) is 0 Å². The number of carbonyl (C=O) groups is 9. The van der Waals surface area contributed by atoms with Gasteiger partial charge in [0.25, 0.3) is 17.7 Å². The quantitative estimate of drug-likeness (QED) is 0.103. The fourth-order valence-electron chi connectivity index (χ4n) is 2.90. The van der Waals surface area contributed by atoms with Gasteiger partial charge in [0.1, 0.15) is 6.54 Å². The number of carboxylic acid groups (broad SMARTS) is 1. The average Bonchev–Trinajstić information content (AvgIpc) is 3.27. The molecule has 41 heavy (non-hydrogen) atoms. The number of hydrogen-bond acceptors (Lipinski definition) is 11. The van der Waals surface area contributed by atoms with Crippen molar-refractivity contribution in [3.05, 3.63) is 47.5 Å². The number of imide groups is 1. The molecule has 1 aromatic rings. The van der Waals surface area contributed by atoms with Crippen LogP contribution in [0.4, 0.5) is 0 Å². The fraction of sp³-hybridized carbons (Fsp3) is 0.292. The van der Waals surface area contributed by atoms with Crippen LogP contribution >= 0.6 is 11.8 Å². The van der Waals surface area contributed by atoms with E-state index in [0.717, 1.165) is 17.1 Å². The molecule has 0 aromatic heterocycles. The van der Waals surface area contributed by atoms with Gasteiger partial charge in [-0.2, -0.15) is 0 Å². The summed E-state index contributed by atoms with van der Waals surface area (Å²) in [7, 11) is 0. The highest BCUT2D eigenvalue weighted by atomic mass is 32.2. The van der Waals surface area contributed by atoms with Gasteiger partial charge in [-0.05, 0) is 12.1 Å². The van der Waals surface area contributed by atoms with E-state index < -0.39 is 78.7 Å². The molecule has 0 unspecified atom stereocenters. The molecule has 2 rings (SSSR count). The first kappa shape index (κ1) is 32.2. The summed E-state index contributed by atoms with van der Waals surface area (Å²) in [5, 5.41) is 17.4. The molecular formula is C24H25N5O11S. The van der Waals surface area contributed by atoms with Crippen molar-refractivity contribution in [1.29, 1.82) is 0 Å². The second kappa shape index (κ2) is 16.1. The lowest BCUT2D eigenvalue weighted by molar-refractivity contribution is -0.148. The van der Waals surface area contributed by atoms with E-state index in [4.69, 9.17) is 5.11 Å². The van der Waals surface area contributed by atoms with Crippen molar-refractivity contribution in [2.75, 3.05) is 45.1 Å². The molecule has 0 saturated heterocycles. The van der Waals surface area contributed by atoms with Gasteiger partial charge in [-0.3, -0.25) is 43.3 Å². The number of hydrogen-bond donors (Lipinski definition) is 5. The van der Waals surface area contributed by atoms with E-state index >= 15 is 0 Å². The molecule has 1 aromatic carbocycles. The Morgan fingerprint density at radius 1 is 0.780 bits per heavy atom. The normalized spacial score (nSPS) is 12.0. The number of carboxylic acids is 1. The van der Waals surface area contributed by atoms with Crippen LogP contribution in [-0.4, -0.2) is 108 Å². The van der Waals surface area contributed by atoms with E-state index in [1.165, 1.54) is 24.3 Å². The maximum absolute atomic E-state index is 12.1. The third kappa shape index (κ3) is 11.7. The molecule has 0 radical (unpaired) electrons. The molecule has 1 aliphatic heterocycles. The molecule has 0 bridgehead atoms. The highest BCUT2D eigenvalue weighted by Gasteiger charge is 2.22. The van der Waals surface area contributed by atoms with Crippen LogP contribution in [0.1, 0.15) is 20.7 Å². The van der Waals surface area contributed by atoms with Crippen molar-refractivity contribution in [1.82, 2.24) is 26.2 Å². The summed E-state index contributed by atoms with van der Waals surface area (Å²) in [4.78, 5) is 106.